The van der Waals surface area contributed by atoms with Crippen LogP contribution in [0.1, 0.15) is 16.2 Å². The van der Waals surface area contributed by atoms with Gasteiger partial charge in [-0.2, -0.15) is 0 Å². The molecule has 0 N–H and O–H groups in total. The lowest BCUT2D eigenvalue weighted by molar-refractivity contribution is 0.102. The maximum atomic E-state index is 12.2. The van der Waals surface area contributed by atoms with Gasteiger partial charge in [0.1, 0.15) is 17.2 Å². The number of nitrogens with zero attached hydrogens (tertiary/aromatic N) is 2. The highest BCUT2D eigenvalue weighted by molar-refractivity contribution is 7.99. The molecule has 0 saturated heterocycles. The summed E-state index contributed by atoms with van der Waals surface area (Å²) in [5, 5.41) is 8.17. The molecule has 0 aliphatic heterocycles. The summed E-state index contributed by atoms with van der Waals surface area (Å²) in [6.45, 7) is 0.145. The van der Waals surface area contributed by atoms with E-state index in [1.807, 2.05) is 0 Å². The van der Waals surface area contributed by atoms with E-state index >= 15 is 0 Å². The molecule has 1 heterocycles. The molecule has 0 radical (unpaired) electrons. The number of carbonyl (C=O) groups is 1. The molecule has 0 bridgehead atoms. The molecule has 140 valence electrons. The lowest BCUT2D eigenvalue weighted by atomic mass is 10.1. The quantitative estimate of drug-likeness (QED) is 0.407. The average molecular weight is 386 g/mol. The van der Waals surface area contributed by atoms with E-state index in [-0.39, 0.29) is 18.1 Å². The number of ketones is 1. The van der Waals surface area contributed by atoms with E-state index in [9.17, 15) is 4.79 Å². The highest BCUT2D eigenvalue weighted by atomic mass is 32.2. The molecule has 8 heteroatoms. The third-order valence-corrected chi connectivity index (χ3v) is 4.43. The third kappa shape index (κ3) is 5.24. The zero-order valence-electron chi connectivity index (χ0n) is 14.9. The van der Waals surface area contributed by atoms with Crippen LogP contribution in [-0.2, 0) is 6.61 Å². The van der Waals surface area contributed by atoms with Gasteiger partial charge in [0.25, 0.3) is 11.1 Å². The Kier molecular flexibility index (Phi) is 6.32. The molecule has 0 atom stereocenters. The first-order chi connectivity index (χ1) is 13.2. The van der Waals surface area contributed by atoms with Gasteiger partial charge in [0, 0.05) is 5.56 Å². The van der Waals surface area contributed by atoms with Crippen LogP contribution < -0.4 is 14.2 Å². The highest BCUT2D eigenvalue weighted by Crippen LogP contribution is 2.21. The Morgan fingerprint density at radius 1 is 0.926 bits per heavy atom. The Morgan fingerprint density at radius 3 is 2.15 bits per heavy atom. The molecule has 0 fully saturated rings. The van der Waals surface area contributed by atoms with Crippen molar-refractivity contribution in [1.82, 2.24) is 10.2 Å². The first kappa shape index (κ1) is 18.8. The SMILES string of the molecule is COc1ccc(OCc2nnc(SCC(=O)c3ccc(OC)cc3)o2)cc1. The van der Waals surface area contributed by atoms with Crippen molar-refractivity contribution < 1.29 is 23.4 Å². The van der Waals surface area contributed by atoms with Crippen LogP contribution in [-0.4, -0.2) is 36.0 Å². The van der Waals surface area contributed by atoms with E-state index in [0.29, 0.717) is 28.2 Å². The number of thioether (sulfide) groups is 1. The van der Waals surface area contributed by atoms with Gasteiger partial charge < -0.3 is 18.6 Å². The number of hydrogen-bond donors (Lipinski definition) is 0. The van der Waals surface area contributed by atoms with Crippen LogP contribution >= 0.6 is 11.8 Å². The molecule has 3 rings (SSSR count). The highest BCUT2D eigenvalue weighted by Gasteiger charge is 2.12. The third-order valence-electron chi connectivity index (χ3n) is 3.61. The van der Waals surface area contributed by atoms with Crippen molar-refractivity contribution in [1.29, 1.82) is 0 Å². The van der Waals surface area contributed by atoms with Crippen molar-refractivity contribution in [2.75, 3.05) is 20.0 Å². The Hall–Kier alpha value is -3.00. The van der Waals surface area contributed by atoms with Crippen LogP contribution in [0.5, 0.6) is 17.2 Å². The van der Waals surface area contributed by atoms with Gasteiger partial charge in [-0.1, -0.05) is 11.8 Å². The number of methoxy groups -OCH3 is 2. The van der Waals surface area contributed by atoms with E-state index in [1.54, 1.807) is 62.8 Å². The van der Waals surface area contributed by atoms with Crippen molar-refractivity contribution in [3.63, 3.8) is 0 Å². The standard InChI is InChI=1S/C19H18N2O5S/c1-23-14-5-3-13(4-6-14)17(22)12-27-19-21-20-18(26-19)11-25-16-9-7-15(24-2)8-10-16/h3-10H,11-12H2,1-2H3. The van der Waals surface area contributed by atoms with Crippen LogP contribution in [0.2, 0.25) is 0 Å². The summed E-state index contributed by atoms with van der Waals surface area (Å²) in [6.07, 6.45) is 0. The average Bonchev–Trinajstić information content (AvgIpc) is 3.19. The van der Waals surface area contributed by atoms with Crippen molar-refractivity contribution in [2.45, 2.75) is 11.8 Å². The van der Waals surface area contributed by atoms with Crippen LogP contribution in [0.3, 0.4) is 0 Å². The fourth-order valence-corrected chi connectivity index (χ4v) is 2.83. The van der Waals surface area contributed by atoms with E-state index in [2.05, 4.69) is 10.2 Å². The van der Waals surface area contributed by atoms with E-state index in [1.165, 1.54) is 11.8 Å². The van der Waals surface area contributed by atoms with Gasteiger partial charge in [-0.25, -0.2) is 0 Å². The molecular formula is C19H18N2O5S. The first-order valence-corrected chi connectivity index (χ1v) is 9.06. The lowest BCUT2D eigenvalue weighted by Crippen LogP contribution is -2.02. The van der Waals surface area contributed by atoms with Gasteiger partial charge in [-0.05, 0) is 48.5 Å². The minimum Gasteiger partial charge on any atom is -0.497 e. The van der Waals surface area contributed by atoms with Crippen LogP contribution in [0.15, 0.2) is 58.2 Å². The fourth-order valence-electron chi connectivity index (χ4n) is 2.16. The van der Waals surface area contributed by atoms with Crippen molar-refractivity contribution >= 4 is 17.5 Å². The number of carbonyl (C=O) groups excluding carboxylic acids is 1. The number of benzene rings is 2. The molecule has 1 aromatic heterocycles. The predicted octanol–water partition coefficient (Wildman–Crippen LogP) is 3.64. The summed E-state index contributed by atoms with van der Waals surface area (Å²) >= 11 is 1.19. The maximum absolute atomic E-state index is 12.2. The second-order valence-corrected chi connectivity index (χ2v) is 6.29. The molecule has 2 aromatic carbocycles. The smallest absolute Gasteiger partial charge is 0.277 e. The number of rotatable bonds is 9. The summed E-state index contributed by atoms with van der Waals surface area (Å²) < 4.78 is 21.2. The van der Waals surface area contributed by atoms with Gasteiger partial charge in [0.2, 0.25) is 0 Å². The Bertz CT molecular complexity index is 878. The van der Waals surface area contributed by atoms with Gasteiger partial charge in [0.15, 0.2) is 12.4 Å². The molecule has 3 aromatic rings. The Balaban J connectivity index is 1.48. The summed E-state index contributed by atoms with van der Waals surface area (Å²) in [4.78, 5) is 12.2. The minimum atomic E-state index is -0.0307. The number of aromatic nitrogens is 2. The second-order valence-electron chi connectivity index (χ2n) is 5.37. The Labute approximate surface area is 160 Å². The zero-order chi connectivity index (χ0) is 19.1. The van der Waals surface area contributed by atoms with E-state index < -0.39 is 0 Å². The molecule has 0 aliphatic rings. The number of ether oxygens (including phenoxy) is 3. The molecular weight excluding hydrogens is 368 g/mol. The maximum Gasteiger partial charge on any atom is 0.277 e. The van der Waals surface area contributed by atoms with Gasteiger partial charge in [-0.3, -0.25) is 4.79 Å². The van der Waals surface area contributed by atoms with Crippen LogP contribution in [0.25, 0.3) is 0 Å². The monoisotopic (exact) mass is 386 g/mol. The zero-order valence-corrected chi connectivity index (χ0v) is 15.7. The molecule has 0 amide bonds. The van der Waals surface area contributed by atoms with Gasteiger partial charge in [0.05, 0.1) is 20.0 Å². The predicted molar refractivity (Wildman–Crippen MR) is 99.7 cm³/mol. The van der Waals surface area contributed by atoms with E-state index in [0.717, 1.165) is 5.75 Å². The largest absolute Gasteiger partial charge is 0.497 e. The second kappa shape index (κ2) is 9.09. The molecule has 7 nitrogen and oxygen atoms in total. The van der Waals surface area contributed by atoms with Crippen LogP contribution in [0.4, 0.5) is 0 Å². The van der Waals surface area contributed by atoms with Crippen molar-refractivity contribution in [3.8, 4) is 17.2 Å². The molecule has 0 spiro atoms. The van der Waals surface area contributed by atoms with Gasteiger partial charge >= 0.3 is 0 Å². The summed E-state index contributed by atoms with van der Waals surface area (Å²) in [5.74, 6) is 2.63. The summed E-state index contributed by atoms with van der Waals surface area (Å²) in [7, 11) is 3.19. The number of hydrogen-bond acceptors (Lipinski definition) is 8. The van der Waals surface area contributed by atoms with E-state index in [4.69, 9.17) is 18.6 Å². The molecule has 0 unspecified atom stereocenters. The summed E-state index contributed by atoms with van der Waals surface area (Å²) in [5.41, 5.74) is 0.603. The fraction of sp³-hybridized carbons (Fsp3) is 0.211. The van der Waals surface area contributed by atoms with Crippen LogP contribution in [0, 0.1) is 0 Å². The lowest BCUT2D eigenvalue weighted by Gasteiger charge is -2.04. The molecule has 0 aliphatic carbocycles. The first-order valence-electron chi connectivity index (χ1n) is 8.07. The minimum absolute atomic E-state index is 0.0307. The molecule has 0 saturated carbocycles. The van der Waals surface area contributed by atoms with Crippen molar-refractivity contribution in [3.05, 3.63) is 60.0 Å². The normalized spacial score (nSPS) is 10.4. The van der Waals surface area contributed by atoms with Crippen molar-refractivity contribution in [2.24, 2.45) is 0 Å². The molecule has 27 heavy (non-hydrogen) atoms. The topological polar surface area (TPSA) is 83.7 Å². The summed E-state index contributed by atoms with van der Waals surface area (Å²) in [6, 6.07) is 14.1. The Morgan fingerprint density at radius 2 is 1.52 bits per heavy atom. The number of Topliss-reactive ketones (excluding diaryl/α,β-unsaturated/α-hetero) is 1. The van der Waals surface area contributed by atoms with Gasteiger partial charge in [-0.15, -0.1) is 10.2 Å².